The normalized spacial score (nSPS) is 10.5. The molecule has 0 heterocycles. The smallest absolute Gasteiger partial charge is 0.138 e. The molecule has 27 heavy (non-hydrogen) atoms. The van der Waals surface area contributed by atoms with Crippen LogP contribution in [-0.4, -0.2) is 4.99 Å². The molecule has 1 N–H and O–H groups in total. The van der Waals surface area contributed by atoms with E-state index in [0.29, 0.717) is 33.9 Å². The second-order valence-corrected chi connectivity index (χ2v) is 7.48. The van der Waals surface area contributed by atoms with Gasteiger partial charge in [0.2, 0.25) is 0 Å². The zero-order chi connectivity index (χ0) is 19.2. The lowest BCUT2D eigenvalue weighted by Crippen LogP contribution is -2.21. The van der Waals surface area contributed by atoms with Crippen molar-refractivity contribution in [1.29, 1.82) is 0 Å². The molecule has 0 spiro atoms. The van der Waals surface area contributed by atoms with Gasteiger partial charge < -0.3 is 10.1 Å². The van der Waals surface area contributed by atoms with E-state index in [1.54, 1.807) is 0 Å². The third-order valence-corrected chi connectivity index (χ3v) is 5.00. The summed E-state index contributed by atoms with van der Waals surface area (Å²) in [4.78, 5) is 0.654. The number of thiocarbonyl (C=S) groups is 1. The summed E-state index contributed by atoms with van der Waals surface area (Å²) >= 11 is 17.7. The van der Waals surface area contributed by atoms with Crippen molar-refractivity contribution < 1.29 is 4.74 Å². The monoisotopic (exact) mass is 415 g/mol. The first kappa shape index (κ1) is 19.7. The number of halogens is 2. The lowest BCUT2D eigenvalue weighted by molar-refractivity contribution is 0.306. The fraction of sp³-hybridized carbons (Fsp3) is 0.136. The average molecular weight is 416 g/mol. The minimum Gasteiger partial charge on any atom is -0.487 e. The van der Waals surface area contributed by atoms with Crippen LogP contribution in [0.5, 0.6) is 5.75 Å². The van der Waals surface area contributed by atoms with Crippen LogP contribution in [0.25, 0.3) is 0 Å². The molecule has 0 aliphatic heterocycles. The maximum absolute atomic E-state index is 6.37. The van der Waals surface area contributed by atoms with E-state index in [9.17, 15) is 0 Å². The van der Waals surface area contributed by atoms with Crippen LogP contribution in [0.2, 0.25) is 10.0 Å². The Bertz CT molecular complexity index is 924. The highest BCUT2D eigenvalue weighted by molar-refractivity contribution is 7.80. The van der Waals surface area contributed by atoms with Crippen LogP contribution < -0.4 is 10.1 Å². The summed E-state index contributed by atoms with van der Waals surface area (Å²) in [5.74, 6) is 0.622. The second kappa shape index (κ2) is 9.23. The van der Waals surface area contributed by atoms with Gasteiger partial charge in [-0.15, -0.1) is 0 Å². The summed E-state index contributed by atoms with van der Waals surface area (Å²) in [7, 11) is 0. The Hall–Kier alpha value is -2.07. The molecule has 0 bridgehead atoms. The summed E-state index contributed by atoms with van der Waals surface area (Å²) in [5.41, 5.74) is 4.30. The van der Waals surface area contributed by atoms with Gasteiger partial charge >= 0.3 is 0 Å². The van der Waals surface area contributed by atoms with Crippen molar-refractivity contribution >= 4 is 40.4 Å². The van der Waals surface area contributed by atoms with Gasteiger partial charge in [0.15, 0.2) is 0 Å². The van der Waals surface area contributed by atoms with Crippen molar-refractivity contribution in [2.75, 3.05) is 0 Å². The van der Waals surface area contributed by atoms with E-state index in [4.69, 9.17) is 40.2 Å². The topological polar surface area (TPSA) is 21.3 Å². The minimum atomic E-state index is 0.423. The lowest BCUT2D eigenvalue weighted by Gasteiger charge is -2.12. The van der Waals surface area contributed by atoms with E-state index in [1.165, 1.54) is 11.1 Å². The van der Waals surface area contributed by atoms with E-state index in [0.717, 1.165) is 11.1 Å². The van der Waals surface area contributed by atoms with Crippen molar-refractivity contribution in [1.82, 2.24) is 5.32 Å². The first-order valence-corrected chi connectivity index (χ1v) is 9.68. The minimum absolute atomic E-state index is 0.423. The van der Waals surface area contributed by atoms with Gasteiger partial charge in [-0.05, 0) is 48.4 Å². The molecule has 0 saturated carbocycles. The molecule has 0 aromatic heterocycles. The molecule has 138 valence electrons. The number of ether oxygens (including phenoxy) is 1. The molecule has 2 nitrogen and oxygen atoms in total. The fourth-order valence-corrected chi connectivity index (χ4v) is 3.05. The molecule has 0 aliphatic carbocycles. The van der Waals surface area contributed by atoms with Crippen LogP contribution in [0.4, 0.5) is 0 Å². The molecule has 3 rings (SSSR count). The van der Waals surface area contributed by atoms with Gasteiger partial charge in [0.1, 0.15) is 17.3 Å². The van der Waals surface area contributed by atoms with Gasteiger partial charge in [0, 0.05) is 17.1 Å². The van der Waals surface area contributed by atoms with Crippen LogP contribution in [0.1, 0.15) is 22.3 Å². The van der Waals surface area contributed by atoms with E-state index >= 15 is 0 Å². The molecule has 0 amide bonds. The van der Waals surface area contributed by atoms with Gasteiger partial charge in [-0.3, -0.25) is 0 Å². The number of hydrogen-bond acceptors (Lipinski definition) is 2. The Morgan fingerprint density at radius 2 is 1.59 bits per heavy atom. The molecule has 5 heteroatoms. The fourth-order valence-electron chi connectivity index (χ4n) is 2.49. The Morgan fingerprint density at radius 1 is 0.926 bits per heavy atom. The summed E-state index contributed by atoms with van der Waals surface area (Å²) in [6.45, 7) is 3.16. The van der Waals surface area contributed by atoms with Gasteiger partial charge in [-0.25, -0.2) is 0 Å². The third-order valence-electron chi connectivity index (χ3n) is 4.08. The molecule has 0 atom stereocenters. The van der Waals surface area contributed by atoms with Gasteiger partial charge in [0.25, 0.3) is 0 Å². The van der Waals surface area contributed by atoms with Crippen molar-refractivity contribution in [3.8, 4) is 5.75 Å². The largest absolute Gasteiger partial charge is 0.487 e. The highest BCUT2D eigenvalue weighted by Gasteiger charge is 2.07. The number of nitrogens with one attached hydrogen (secondary N) is 1. The van der Waals surface area contributed by atoms with Crippen molar-refractivity contribution in [2.24, 2.45) is 0 Å². The number of hydrogen-bond donors (Lipinski definition) is 1. The molecule has 0 saturated heterocycles. The Labute approximate surface area is 175 Å². The summed E-state index contributed by atoms with van der Waals surface area (Å²) in [6, 6.07) is 21.4. The van der Waals surface area contributed by atoms with Crippen molar-refractivity contribution in [3.05, 3.63) is 99.0 Å². The molecular weight excluding hydrogens is 397 g/mol. The zero-order valence-electron chi connectivity index (χ0n) is 14.8. The standard InChI is InChI=1S/C22H19Cl2NOS/c1-15-2-4-16(5-3-15)13-25-22(27)18-8-11-21(20(24)12-18)26-14-17-6-9-19(23)10-7-17/h2-12H,13-14H2,1H3,(H,25,27). The summed E-state index contributed by atoms with van der Waals surface area (Å²) in [5, 5.41) is 4.49. The van der Waals surface area contributed by atoms with E-state index in [2.05, 4.69) is 36.5 Å². The van der Waals surface area contributed by atoms with E-state index < -0.39 is 0 Å². The van der Waals surface area contributed by atoms with Crippen LogP contribution in [0.15, 0.2) is 66.7 Å². The Morgan fingerprint density at radius 3 is 2.26 bits per heavy atom. The Kier molecular flexibility index (Phi) is 6.73. The van der Waals surface area contributed by atoms with Crippen LogP contribution in [-0.2, 0) is 13.2 Å². The SMILES string of the molecule is Cc1ccc(CNC(=S)c2ccc(OCc3ccc(Cl)cc3)c(Cl)c2)cc1. The Balaban J connectivity index is 1.58. The van der Waals surface area contributed by atoms with Gasteiger partial charge in [-0.1, -0.05) is 77.4 Å². The zero-order valence-corrected chi connectivity index (χ0v) is 17.2. The van der Waals surface area contributed by atoms with Gasteiger partial charge in [0.05, 0.1) is 5.02 Å². The molecule has 0 unspecified atom stereocenters. The second-order valence-electron chi connectivity index (χ2n) is 6.23. The molecular formula is C22H19Cl2NOS. The number of aryl methyl sites for hydroxylation is 1. The highest BCUT2D eigenvalue weighted by Crippen LogP contribution is 2.26. The third kappa shape index (κ3) is 5.70. The molecule has 3 aromatic rings. The van der Waals surface area contributed by atoms with E-state index in [-0.39, 0.29) is 0 Å². The predicted molar refractivity (Wildman–Crippen MR) is 117 cm³/mol. The lowest BCUT2D eigenvalue weighted by atomic mass is 10.1. The van der Waals surface area contributed by atoms with Crippen molar-refractivity contribution in [3.63, 3.8) is 0 Å². The van der Waals surface area contributed by atoms with Crippen LogP contribution >= 0.6 is 35.4 Å². The molecule has 0 aliphatic rings. The van der Waals surface area contributed by atoms with Crippen LogP contribution in [0.3, 0.4) is 0 Å². The van der Waals surface area contributed by atoms with Crippen LogP contribution in [0, 0.1) is 6.92 Å². The van der Waals surface area contributed by atoms with E-state index in [1.807, 2.05) is 42.5 Å². The molecule has 3 aromatic carbocycles. The molecule has 0 radical (unpaired) electrons. The summed E-state index contributed by atoms with van der Waals surface area (Å²) in [6.07, 6.45) is 0. The first-order valence-electron chi connectivity index (χ1n) is 8.52. The van der Waals surface area contributed by atoms with Crippen molar-refractivity contribution in [2.45, 2.75) is 20.1 Å². The highest BCUT2D eigenvalue weighted by atomic mass is 35.5. The summed E-state index contributed by atoms with van der Waals surface area (Å²) < 4.78 is 5.80. The maximum Gasteiger partial charge on any atom is 0.138 e. The molecule has 0 fully saturated rings. The maximum atomic E-state index is 6.37. The predicted octanol–water partition coefficient (Wildman–Crippen LogP) is 6.35. The first-order chi connectivity index (χ1) is 13.0. The van der Waals surface area contributed by atoms with Gasteiger partial charge in [-0.2, -0.15) is 0 Å². The average Bonchev–Trinajstić information content (AvgIpc) is 2.67. The number of benzene rings is 3. The quantitative estimate of drug-likeness (QED) is 0.474. The number of rotatable bonds is 6.